The summed E-state index contributed by atoms with van der Waals surface area (Å²) >= 11 is 0. The van der Waals surface area contributed by atoms with Gasteiger partial charge in [-0.05, 0) is 38.4 Å². The lowest BCUT2D eigenvalue weighted by molar-refractivity contribution is 0.358. The molecule has 1 aromatic rings. The number of nitrogens with zero attached hydrogens (tertiary/aromatic N) is 2. The third-order valence-electron chi connectivity index (χ3n) is 3.04. The van der Waals surface area contributed by atoms with E-state index in [-0.39, 0.29) is 0 Å². The fourth-order valence-electron chi connectivity index (χ4n) is 2.05. The molecule has 2 rings (SSSR count). The minimum atomic E-state index is 0.791. The van der Waals surface area contributed by atoms with E-state index in [0.717, 1.165) is 31.4 Å². The van der Waals surface area contributed by atoms with Gasteiger partial charge in [0.25, 0.3) is 0 Å². The van der Waals surface area contributed by atoms with Crippen molar-refractivity contribution in [2.75, 3.05) is 19.6 Å². The number of piperidine rings is 1. The molecule has 2 N–H and O–H groups in total. The van der Waals surface area contributed by atoms with E-state index in [0.29, 0.717) is 0 Å². The van der Waals surface area contributed by atoms with E-state index in [2.05, 4.69) is 20.2 Å². The van der Waals surface area contributed by atoms with Gasteiger partial charge in [-0.1, -0.05) is 0 Å². The highest BCUT2D eigenvalue weighted by atomic mass is 15.1. The van der Waals surface area contributed by atoms with Crippen LogP contribution in [0.4, 0.5) is 0 Å². The van der Waals surface area contributed by atoms with E-state index in [4.69, 9.17) is 0 Å². The smallest absolute Gasteiger partial charge is 0.122 e. The molecule has 0 aromatic carbocycles. The summed E-state index contributed by atoms with van der Waals surface area (Å²) in [5.74, 6) is 1.90. The van der Waals surface area contributed by atoms with Gasteiger partial charge in [-0.15, -0.1) is 0 Å². The Morgan fingerprint density at radius 2 is 2.60 bits per heavy atom. The van der Waals surface area contributed by atoms with Gasteiger partial charge in [-0.25, -0.2) is 4.98 Å². The van der Waals surface area contributed by atoms with Gasteiger partial charge in [0.15, 0.2) is 0 Å². The molecule has 0 aliphatic carbocycles. The molecule has 0 saturated carbocycles. The van der Waals surface area contributed by atoms with Crippen LogP contribution in [0, 0.1) is 5.92 Å². The number of rotatable bonds is 4. The van der Waals surface area contributed by atoms with E-state index in [1.807, 2.05) is 19.4 Å². The maximum atomic E-state index is 4.28. The molecular weight excluding hydrogens is 188 g/mol. The summed E-state index contributed by atoms with van der Waals surface area (Å²) in [5.41, 5.74) is 0. The molecule has 0 spiro atoms. The lowest BCUT2D eigenvalue weighted by Gasteiger charge is -2.22. The number of imidazole rings is 1. The van der Waals surface area contributed by atoms with Gasteiger partial charge in [0.05, 0.1) is 6.54 Å². The summed E-state index contributed by atoms with van der Waals surface area (Å²) in [6.45, 7) is 4.32. The summed E-state index contributed by atoms with van der Waals surface area (Å²) in [6, 6.07) is 0. The lowest BCUT2D eigenvalue weighted by Crippen LogP contribution is -2.36. The van der Waals surface area contributed by atoms with Crippen LogP contribution in [0.25, 0.3) is 0 Å². The Kier molecular flexibility index (Phi) is 3.75. The van der Waals surface area contributed by atoms with Gasteiger partial charge >= 0.3 is 0 Å². The summed E-state index contributed by atoms with van der Waals surface area (Å²) in [5, 5.41) is 6.90. The van der Waals surface area contributed by atoms with Gasteiger partial charge in [-0.3, -0.25) is 0 Å². The van der Waals surface area contributed by atoms with E-state index in [1.54, 1.807) is 0 Å². The van der Waals surface area contributed by atoms with Crippen LogP contribution in [0.15, 0.2) is 12.4 Å². The Hall–Kier alpha value is -0.870. The molecule has 4 heteroatoms. The molecule has 0 bridgehead atoms. The predicted molar refractivity (Wildman–Crippen MR) is 60.5 cm³/mol. The average molecular weight is 208 g/mol. The first kappa shape index (κ1) is 10.6. The quantitative estimate of drug-likeness (QED) is 0.757. The van der Waals surface area contributed by atoms with Crippen molar-refractivity contribution in [3.05, 3.63) is 18.2 Å². The highest BCUT2D eigenvalue weighted by Gasteiger charge is 2.12. The second-order valence-electron chi connectivity index (χ2n) is 4.30. The van der Waals surface area contributed by atoms with Gasteiger partial charge in [-0.2, -0.15) is 0 Å². The molecule has 1 fully saturated rings. The van der Waals surface area contributed by atoms with Gasteiger partial charge in [0.1, 0.15) is 5.82 Å². The Morgan fingerprint density at radius 1 is 1.67 bits per heavy atom. The molecule has 4 nitrogen and oxygen atoms in total. The van der Waals surface area contributed by atoms with Crippen molar-refractivity contribution >= 4 is 0 Å². The molecule has 1 unspecified atom stereocenters. The number of hydrogen-bond donors (Lipinski definition) is 2. The van der Waals surface area contributed by atoms with Crippen LogP contribution in [-0.4, -0.2) is 29.2 Å². The number of aryl methyl sites for hydroxylation is 1. The van der Waals surface area contributed by atoms with Crippen LogP contribution in [-0.2, 0) is 13.6 Å². The first-order chi connectivity index (χ1) is 7.36. The Bertz CT molecular complexity index is 289. The molecule has 1 aromatic heterocycles. The van der Waals surface area contributed by atoms with Gasteiger partial charge in [0, 0.05) is 19.4 Å². The largest absolute Gasteiger partial charge is 0.337 e. The van der Waals surface area contributed by atoms with E-state index in [1.165, 1.54) is 19.4 Å². The van der Waals surface area contributed by atoms with Crippen LogP contribution in [0.1, 0.15) is 18.7 Å². The second-order valence-corrected chi connectivity index (χ2v) is 4.30. The molecule has 1 aliphatic heterocycles. The van der Waals surface area contributed by atoms with Crippen molar-refractivity contribution in [1.29, 1.82) is 0 Å². The highest BCUT2D eigenvalue weighted by Crippen LogP contribution is 2.08. The molecule has 1 saturated heterocycles. The predicted octanol–water partition coefficient (Wildman–Crippen LogP) is 0.509. The minimum absolute atomic E-state index is 0.791. The van der Waals surface area contributed by atoms with Crippen molar-refractivity contribution in [2.24, 2.45) is 13.0 Å². The Labute approximate surface area is 91.1 Å². The van der Waals surface area contributed by atoms with Crippen molar-refractivity contribution in [3.63, 3.8) is 0 Å². The molecule has 15 heavy (non-hydrogen) atoms. The lowest BCUT2D eigenvalue weighted by atomic mass is 10.00. The zero-order chi connectivity index (χ0) is 10.5. The van der Waals surface area contributed by atoms with Gasteiger partial charge < -0.3 is 15.2 Å². The Balaban J connectivity index is 1.68. The Morgan fingerprint density at radius 3 is 3.27 bits per heavy atom. The zero-order valence-corrected chi connectivity index (χ0v) is 9.37. The molecule has 84 valence electrons. The SMILES string of the molecule is Cn1ccnc1CNCC1CCCNC1. The third-order valence-corrected chi connectivity index (χ3v) is 3.04. The first-order valence-corrected chi connectivity index (χ1v) is 5.74. The van der Waals surface area contributed by atoms with Crippen LogP contribution in [0.3, 0.4) is 0 Å². The number of aromatic nitrogens is 2. The number of hydrogen-bond acceptors (Lipinski definition) is 3. The molecule has 0 amide bonds. The van der Waals surface area contributed by atoms with Crippen molar-refractivity contribution in [2.45, 2.75) is 19.4 Å². The topological polar surface area (TPSA) is 41.9 Å². The van der Waals surface area contributed by atoms with E-state index >= 15 is 0 Å². The highest BCUT2D eigenvalue weighted by molar-refractivity contribution is 4.90. The van der Waals surface area contributed by atoms with E-state index in [9.17, 15) is 0 Å². The average Bonchev–Trinajstić information content (AvgIpc) is 2.66. The number of nitrogens with one attached hydrogen (secondary N) is 2. The third kappa shape index (κ3) is 3.04. The maximum Gasteiger partial charge on any atom is 0.122 e. The summed E-state index contributed by atoms with van der Waals surface area (Å²) in [4.78, 5) is 4.28. The van der Waals surface area contributed by atoms with Crippen molar-refractivity contribution in [3.8, 4) is 0 Å². The van der Waals surface area contributed by atoms with Crippen LogP contribution in [0.2, 0.25) is 0 Å². The zero-order valence-electron chi connectivity index (χ0n) is 9.37. The first-order valence-electron chi connectivity index (χ1n) is 5.74. The summed E-state index contributed by atoms with van der Waals surface area (Å²) in [7, 11) is 2.03. The molecular formula is C11H20N4. The molecule has 1 atom stereocenters. The van der Waals surface area contributed by atoms with Crippen molar-refractivity contribution < 1.29 is 0 Å². The van der Waals surface area contributed by atoms with Crippen LogP contribution >= 0.6 is 0 Å². The fourth-order valence-corrected chi connectivity index (χ4v) is 2.05. The summed E-state index contributed by atoms with van der Waals surface area (Å²) < 4.78 is 2.06. The minimum Gasteiger partial charge on any atom is -0.337 e. The molecule has 0 radical (unpaired) electrons. The van der Waals surface area contributed by atoms with Crippen LogP contribution < -0.4 is 10.6 Å². The van der Waals surface area contributed by atoms with Crippen molar-refractivity contribution in [1.82, 2.24) is 20.2 Å². The second kappa shape index (κ2) is 5.28. The maximum absolute atomic E-state index is 4.28. The van der Waals surface area contributed by atoms with Crippen LogP contribution in [0.5, 0.6) is 0 Å². The molecule has 2 heterocycles. The standard InChI is InChI=1S/C11H20N4/c1-15-6-5-14-11(15)9-13-8-10-3-2-4-12-7-10/h5-6,10,12-13H,2-4,7-9H2,1H3. The molecule has 1 aliphatic rings. The van der Waals surface area contributed by atoms with E-state index < -0.39 is 0 Å². The van der Waals surface area contributed by atoms with Gasteiger partial charge in [0.2, 0.25) is 0 Å². The fraction of sp³-hybridized carbons (Fsp3) is 0.727. The normalized spacial score (nSPS) is 21.8. The summed E-state index contributed by atoms with van der Waals surface area (Å²) in [6.07, 6.45) is 6.49. The monoisotopic (exact) mass is 208 g/mol.